The van der Waals surface area contributed by atoms with Crippen LogP contribution in [-0.4, -0.2) is 32.0 Å². The molecule has 0 saturated carbocycles. The number of thioether (sulfide) groups is 1. The minimum absolute atomic E-state index is 0.0293. The van der Waals surface area contributed by atoms with Crippen LogP contribution in [-0.2, 0) is 10.5 Å². The minimum Gasteiger partial charge on any atom is -0.503 e. The number of nitrogens with zero attached hydrogens (tertiary/aromatic N) is 4. The number of hydrogen-bond acceptors (Lipinski definition) is 9. The van der Waals surface area contributed by atoms with Crippen molar-refractivity contribution in [3.05, 3.63) is 98.7 Å². The number of aromatic nitrogens is 3. The molecule has 1 amide bonds. The van der Waals surface area contributed by atoms with Crippen LogP contribution >= 0.6 is 34.4 Å². The standard InChI is InChI=1S/C25H20N4O3S3/c1-14-22(34-15(2)26-14)20(30)18-19(17-11-7-4-8-12-17)29(23(32)21(18)31)24-27-28-25(35-24)33-13-16-9-5-3-6-10-16/h3-12,19,31H,13H2,1-2H3. The second kappa shape index (κ2) is 9.73. The number of Topliss-reactive ketones (excluding diaryl/α,β-unsaturated/α-hetero) is 1. The number of carbonyl (C=O) groups is 2. The molecule has 5 rings (SSSR count). The van der Waals surface area contributed by atoms with Crippen molar-refractivity contribution in [2.45, 2.75) is 30.0 Å². The molecule has 3 heterocycles. The zero-order chi connectivity index (χ0) is 24.5. The maximum absolute atomic E-state index is 13.6. The van der Waals surface area contributed by atoms with Crippen LogP contribution in [0.3, 0.4) is 0 Å². The van der Waals surface area contributed by atoms with Gasteiger partial charge in [0, 0.05) is 5.75 Å². The molecule has 7 nitrogen and oxygen atoms in total. The first-order valence-electron chi connectivity index (χ1n) is 10.7. The first-order valence-corrected chi connectivity index (χ1v) is 13.4. The molecule has 0 bridgehead atoms. The third-order valence-electron chi connectivity index (χ3n) is 5.48. The summed E-state index contributed by atoms with van der Waals surface area (Å²) in [4.78, 5) is 33.0. The van der Waals surface area contributed by atoms with Gasteiger partial charge in [-0.25, -0.2) is 4.98 Å². The molecule has 0 radical (unpaired) electrons. The Labute approximate surface area is 214 Å². The van der Waals surface area contributed by atoms with E-state index < -0.39 is 23.5 Å². The van der Waals surface area contributed by atoms with E-state index in [4.69, 9.17) is 0 Å². The van der Waals surface area contributed by atoms with Gasteiger partial charge in [0.15, 0.2) is 10.1 Å². The summed E-state index contributed by atoms with van der Waals surface area (Å²) in [5.41, 5.74) is 2.45. The van der Waals surface area contributed by atoms with Crippen LogP contribution in [0.5, 0.6) is 0 Å². The number of carbonyl (C=O) groups excluding carboxylic acids is 2. The Morgan fingerprint density at radius 2 is 1.71 bits per heavy atom. The lowest BCUT2D eigenvalue weighted by Gasteiger charge is -2.23. The van der Waals surface area contributed by atoms with Gasteiger partial charge in [0.05, 0.1) is 27.2 Å². The molecule has 0 saturated heterocycles. The highest BCUT2D eigenvalue weighted by molar-refractivity contribution is 8.00. The van der Waals surface area contributed by atoms with Crippen molar-refractivity contribution < 1.29 is 14.7 Å². The van der Waals surface area contributed by atoms with Crippen molar-refractivity contribution in [2.24, 2.45) is 0 Å². The monoisotopic (exact) mass is 520 g/mol. The van der Waals surface area contributed by atoms with E-state index >= 15 is 0 Å². The highest BCUT2D eigenvalue weighted by Crippen LogP contribution is 2.44. The van der Waals surface area contributed by atoms with E-state index in [1.54, 1.807) is 6.92 Å². The normalized spacial score (nSPS) is 15.8. The summed E-state index contributed by atoms with van der Waals surface area (Å²) in [6.07, 6.45) is 0. The molecule has 2 aromatic carbocycles. The van der Waals surface area contributed by atoms with Crippen molar-refractivity contribution in [3.63, 3.8) is 0 Å². The van der Waals surface area contributed by atoms with Gasteiger partial charge >= 0.3 is 0 Å². The SMILES string of the molecule is Cc1nc(C)c(C(=O)C2=C(O)C(=O)N(c3nnc(SCc4ccccc4)s3)C2c2ccccc2)s1. The summed E-state index contributed by atoms with van der Waals surface area (Å²) in [6.45, 7) is 3.57. The molecule has 1 atom stereocenters. The van der Waals surface area contributed by atoms with E-state index in [1.807, 2.05) is 67.6 Å². The van der Waals surface area contributed by atoms with Crippen LogP contribution in [0, 0.1) is 13.8 Å². The highest BCUT2D eigenvalue weighted by atomic mass is 32.2. The zero-order valence-corrected chi connectivity index (χ0v) is 21.3. The summed E-state index contributed by atoms with van der Waals surface area (Å²) < 4.78 is 0.691. The molecule has 35 heavy (non-hydrogen) atoms. The predicted octanol–water partition coefficient (Wildman–Crippen LogP) is 5.69. The molecule has 1 unspecified atom stereocenters. The van der Waals surface area contributed by atoms with Gasteiger partial charge in [-0.15, -0.1) is 21.5 Å². The van der Waals surface area contributed by atoms with Gasteiger partial charge in [0.2, 0.25) is 10.9 Å². The van der Waals surface area contributed by atoms with E-state index in [0.29, 0.717) is 31.4 Å². The Bertz CT molecular complexity index is 1430. The molecule has 1 aliphatic heterocycles. The van der Waals surface area contributed by atoms with E-state index in [-0.39, 0.29) is 5.57 Å². The molecule has 4 aromatic rings. The number of aliphatic hydroxyl groups excluding tert-OH is 1. The molecule has 2 aromatic heterocycles. The van der Waals surface area contributed by atoms with E-state index in [2.05, 4.69) is 15.2 Å². The largest absolute Gasteiger partial charge is 0.503 e. The van der Waals surface area contributed by atoms with Gasteiger partial charge in [-0.05, 0) is 25.0 Å². The molecule has 176 valence electrons. The summed E-state index contributed by atoms with van der Waals surface area (Å²) in [7, 11) is 0. The molecular formula is C25H20N4O3S3. The summed E-state index contributed by atoms with van der Waals surface area (Å²) in [5, 5.41) is 20.5. The second-order valence-corrected chi connectivity index (χ2v) is 11.2. The van der Waals surface area contributed by atoms with Crippen molar-refractivity contribution in [3.8, 4) is 0 Å². The lowest BCUT2D eigenvalue weighted by molar-refractivity contribution is -0.117. The van der Waals surface area contributed by atoms with Crippen LogP contribution in [0.4, 0.5) is 5.13 Å². The summed E-state index contributed by atoms with van der Waals surface area (Å²) >= 11 is 4.03. The highest BCUT2D eigenvalue weighted by Gasteiger charge is 2.46. The summed E-state index contributed by atoms with van der Waals surface area (Å²) in [6, 6.07) is 18.4. The Kier molecular flexibility index (Phi) is 6.50. The predicted molar refractivity (Wildman–Crippen MR) is 138 cm³/mol. The van der Waals surface area contributed by atoms with Gasteiger partial charge in [-0.2, -0.15) is 0 Å². The van der Waals surface area contributed by atoms with Gasteiger partial charge < -0.3 is 5.11 Å². The maximum Gasteiger partial charge on any atom is 0.296 e. The van der Waals surface area contributed by atoms with Crippen LogP contribution in [0.15, 0.2) is 76.3 Å². The molecule has 1 aliphatic rings. The average Bonchev–Trinajstić information content (AvgIpc) is 3.54. The number of anilines is 1. The number of benzene rings is 2. The number of aryl methyl sites for hydroxylation is 2. The maximum atomic E-state index is 13.6. The Balaban J connectivity index is 1.50. The van der Waals surface area contributed by atoms with Gasteiger partial charge in [0.25, 0.3) is 5.91 Å². The van der Waals surface area contributed by atoms with Crippen molar-refractivity contribution in [1.29, 1.82) is 0 Å². The van der Waals surface area contributed by atoms with Crippen LogP contribution in [0.1, 0.15) is 37.5 Å². The van der Waals surface area contributed by atoms with Crippen LogP contribution in [0.2, 0.25) is 0 Å². The number of hydrogen-bond donors (Lipinski definition) is 1. The summed E-state index contributed by atoms with van der Waals surface area (Å²) in [5.74, 6) is -0.929. The van der Waals surface area contributed by atoms with Crippen LogP contribution in [0.25, 0.3) is 0 Å². The minimum atomic E-state index is -0.821. The van der Waals surface area contributed by atoms with E-state index in [1.165, 1.54) is 39.3 Å². The van der Waals surface area contributed by atoms with Crippen molar-refractivity contribution in [1.82, 2.24) is 15.2 Å². The Morgan fingerprint density at radius 1 is 1.03 bits per heavy atom. The zero-order valence-electron chi connectivity index (χ0n) is 18.8. The van der Waals surface area contributed by atoms with Crippen LogP contribution < -0.4 is 4.90 Å². The quantitative estimate of drug-likeness (QED) is 0.190. The van der Waals surface area contributed by atoms with E-state index in [9.17, 15) is 14.7 Å². The molecule has 10 heteroatoms. The molecule has 1 N–H and O–H groups in total. The average molecular weight is 521 g/mol. The topological polar surface area (TPSA) is 96.3 Å². The Morgan fingerprint density at radius 3 is 2.37 bits per heavy atom. The fourth-order valence-electron chi connectivity index (χ4n) is 3.93. The third-order valence-corrected chi connectivity index (χ3v) is 8.68. The lowest BCUT2D eigenvalue weighted by atomic mass is 9.95. The molecular weight excluding hydrogens is 501 g/mol. The van der Waals surface area contributed by atoms with Gasteiger partial charge in [0.1, 0.15) is 0 Å². The smallest absolute Gasteiger partial charge is 0.296 e. The van der Waals surface area contributed by atoms with Gasteiger partial charge in [-0.1, -0.05) is 83.8 Å². The van der Waals surface area contributed by atoms with E-state index in [0.717, 1.165) is 10.6 Å². The number of ketones is 1. The molecule has 0 aliphatic carbocycles. The number of thiazole rings is 1. The van der Waals surface area contributed by atoms with Gasteiger partial charge in [-0.3, -0.25) is 14.5 Å². The number of amides is 1. The third kappa shape index (κ3) is 4.52. The van der Waals surface area contributed by atoms with Crippen molar-refractivity contribution >= 4 is 51.3 Å². The second-order valence-electron chi connectivity index (χ2n) is 7.85. The first-order chi connectivity index (χ1) is 16.9. The lowest BCUT2D eigenvalue weighted by Crippen LogP contribution is -2.31. The molecule has 0 spiro atoms. The fraction of sp³-hybridized carbons (Fsp3) is 0.160. The number of rotatable bonds is 7. The molecule has 0 fully saturated rings. The fourth-order valence-corrected chi connectivity index (χ4v) is 6.62. The number of aliphatic hydroxyl groups is 1. The Hall–Kier alpha value is -3.34. The first kappa shape index (κ1) is 23.4. The van der Waals surface area contributed by atoms with Crippen molar-refractivity contribution in [2.75, 3.05) is 4.90 Å².